The van der Waals surface area contributed by atoms with Gasteiger partial charge in [-0.15, -0.1) is 0 Å². The van der Waals surface area contributed by atoms with Crippen molar-refractivity contribution in [1.82, 2.24) is 5.32 Å². The Morgan fingerprint density at radius 2 is 2.10 bits per heavy atom. The molecule has 0 spiro atoms. The van der Waals surface area contributed by atoms with Gasteiger partial charge in [-0.25, -0.2) is 13.6 Å². The lowest BCUT2D eigenvalue weighted by atomic mass is 10.1. The Balaban J connectivity index is 2.75. The van der Waals surface area contributed by atoms with Crippen LogP contribution in [0.4, 0.5) is 8.78 Å². The zero-order chi connectivity index (χ0) is 15.1. The van der Waals surface area contributed by atoms with Gasteiger partial charge in [0.1, 0.15) is 17.7 Å². The van der Waals surface area contributed by atoms with Crippen molar-refractivity contribution in [2.45, 2.75) is 25.3 Å². The first-order valence-electron chi connectivity index (χ1n) is 5.81. The number of amides is 1. The Hall–Kier alpha value is -2.49. The molecule has 5 nitrogen and oxygen atoms in total. The Morgan fingerprint density at radius 1 is 1.40 bits per heavy atom. The van der Waals surface area contributed by atoms with Crippen LogP contribution in [0.1, 0.15) is 29.6 Å². The van der Waals surface area contributed by atoms with Crippen LogP contribution in [0.3, 0.4) is 0 Å². The lowest BCUT2D eigenvalue weighted by Crippen LogP contribution is -2.41. The summed E-state index contributed by atoms with van der Waals surface area (Å²) in [6, 6.07) is 3.02. The summed E-state index contributed by atoms with van der Waals surface area (Å²) in [7, 11) is 0. The van der Waals surface area contributed by atoms with Crippen LogP contribution in [0.5, 0.6) is 0 Å². The molecule has 0 fully saturated rings. The largest absolute Gasteiger partial charge is 0.480 e. The molecule has 1 atom stereocenters. The number of hydrogen-bond donors (Lipinski definition) is 2. The summed E-state index contributed by atoms with van der Waals surface area (Å²) < 4.78 is 26.1. The summed E-state index contributed by atoms with van der Waals surface area (Å²) in [5.41, 5.74) is -0.432. The van der Waals surface area contributed by atoms with E-state index in [1.165, 1.54) is 0 Å². The zero-order valence-electron chi connectivity index (χ0n) is 10.4. The molecule has 0 aromatic heterocycles. The van der Waals surface area contributed by atoms with E-state index >= 15 is 0 Å². The number of nitrogens with one attached hydrogen (secondary N) is 1. The van der Waals surface area contributed by atoms with E-state index in [9.17, 15) is 18.4 Å². The van der Waals surface area contributed by atoms with E-state index in [-0.39, 0.29) is 12.8 Å². The van der Waals surface area contributed by atoms with Crippen molar-refractivity contribution in [3.05, 3.63) is 35.4 Å². The standard InChI is InChI=1S/C13H12F2N2O3/c14-8-4-5-9(10(15)7-8)12(18)17-11(13(19)20)3-1-2-6-16/h4-5,7,11H,1-3H2,(H,17,18)(H,19,20)/t11-/m1/s1. The fourth-order valence-electron chi connectivity index (χ4n) is 1.55. The van der Waals surface area contributed by atoms with Gasteiger partial charge in [0.25, 0.3) is 5.91 Å². The Bertz CT molecular complexity index is 555. The van der Waals surface area contributed by atoms with Gasteiger partial charge < -0.3 is 10.4 Å². The minimum atomic E-state index is -1.28. The second-order valence-electron chi connectivity index (χ2n) is 4.04. The van der Waals surface area contributed by atoms with Gasteiger partial charge >= 0.3 is 5.97 Å². The third-order valence-corrected chi connectivity index (χ3v) is 2.56. The minimum Gasteiger partial charge on any atom is -0.480 e. The van der Waals surface area contributed by atoms with Crippen LogP contribution in [0, 0.1) is 23.0 Å². The molecular weight excluding hydrogens is 270 g/mol. The van der Waals surface area contributed by atoms with Gasteiger partial charge in [0.2, 0.25) is 0 Å². The smallest absolute Gasteiger partial charge is 0.326 e. The van der Waals surface area contributed by atoms with E-state index in [0.29, 0.717) is 12.5 Å². The fraction of sp³-hybridized carbons (Fsp3) is 0.308. The molecule has 0 saturated heterocycles. The van der Waals surface area contributed by atoms with Crippen LogP contribution in [-0.2, 0) is 4.79 Å². The number of hydrogen-bond acceptors (Lipinski definition) is 3. The summed E-state index contributed by atoms with van der Waals surface area (Å²) in [6.07, 6.45) is 0.502. The number of benzene rings is 1. The average Bonchev–Trinajstić information content (AvgIpc) is 2.37. The molecule has 1 aromatic rings. The normalized spacial score (nSPS) is 11.4. The van der Waals surface area contributed by atoms with Crippen LogP contribution < -0.4 is 5.32 Å². The van der Waals surface area contributed by atoms with Crippen molar-refractivity contribution < 1.29 is 23.5 Å². The molecule has 1 rings (SSSR count). The minimum absolute atomic E-state index is 0.0530. The molecule has 0 unspecified atom stereocenters. The quantitative estimate of drug-likeness (QED) is 0.779. The number of rotatable bonds is 6. The molecule has 0 aliphatic carbocycles. The highest BCUT2D eigenvalue weighted by atomic mass is 19.1. The number of carbonyl (C=O) groups is 2. The predicted molar refractivity (Wildman–Crippen MR) is 64.7 cm³/mol. The predicted octanol–water partition coefficient (Wildman–Crippen LogP) is 1.84. The molecule has 1 amide bonds. The molecule has 0 aliphatic heterocycles. The van der Waals surface area contributed by atoms with E-state index in [2.05, 4.69) is 5.32 Å². The van der Waals surface area contributed by atoms with Crippen molar-refractivity contribution in [2.75, 3.05) is 0 Å². The number of nitrogens with zero attached hydrogens (tertiary/aromatic N) is 1. The van der Waals surface area contributed by atoms with E-state index in [4.69, 9.17) is 10.4 Å². The monoisotopic (exact) mass is 282 g/mol. The van der Waals surface area contributed by atoms with E-state index in [0.717, 1.165) is 12.1 Å². The first kappa shape index (κ1) is 15.6. The van der Waals surface area contributed by atoms with Gasteiger partial charge in [-0.2, -0.15) is 5.26 Å². The molecule has 0 bridgehead atoms. The molecule has 2 N–H and O–H groups in total. The van der Waals surface area contributed by atoms with Crippen LogP contribution in [0.25, 0.3) is 0 Å². The van der Waals surface area contributed by atoms with Gasteiger partial charge in [-0.05, 0) is 25.0 Å². The number of carbonyl (C=O) groups excluding carboxylic acids is 1. The van der Waals surface area contributed by atoms with Crippen molar-refractivity contribution >= 4 is 11.9 Å². The topological polar surface area (TPSA) is 90.2 Å². The van der Waals surface area contributed by atoms with Crippen molar-refractivity contribution in [3.8, 4) is 6.07 Å². The van der Waals surface area contributed by atoms with E-state index in [1.54, 1.807) is 0 Å². The van der Waals surface area contributed by atoms with Gasteiger partial charge in [-0.3, -0.25) is 4.79 Å². The second-order valence-corrected chi connectivity index (χ2v) is 4.04. The van der Waals surface area contributed by atoms with Gasteiger partial charge in [0.05, 0.1) is 11.6 Å². The molecule has 1 aromatic carbocycles. The maximum absolute atomic E-state index is 13.4. The summed E-state index contributed by atoms with van der Waals surface area (Å²) in [5.74, 6) is -4.11. The average molecular weight is 282 g/mol. The molecule has 7 heteroatoms. The SMILES string of the molecule is N#CCCC[C@@H](NC(=O)c1ccc(F)cc1F)C(=O)O. The van der Waals surface area contributed by atoms with E-state index in [1.807, 2.05) is 6.07 Å². The lowest BCUT2D eigenvalue weighted by Gasteiger charge is -2.14. The number of carboxylic acid groups (broad SMARTS) is 1. The summed E-state index contributed by atoms with van der Waals surface area (Å²) in [4.78, 5) is 22.7. The molecule has 20 heavy (non-hydrogen) atoms. The number of nitriles is 1. The highest BCUT2D eigenvalue weighted by Crippen LogP contribution is 2.10. The maximum Gasteiger partial charge on any atom is 0.326 e. The number of halogens is 2. The van der Waals surface area contributed by atoms with Gasteiger partial charge in [0.15, 0.2) is 0 Å². The van der Waals surface area contributed by atoms with Crippen molar-refractivity contribution in [3.63, 3.8) is 0 Å². The third-order valence-electron chi connectivity index (χ3n) is 2.56. The highest BCUT2D eigenvalue weighted by Gasteiger charge is 2.22. The van der Waals surface area contributed by atoms with Crippen molar-refractivity contribution in [1.29, 1.82) is 5.26 Å². The summed E-state index contributed by atoms with van der Waals surface area (Å²) in [6.45, 7) is 0. The fourth-order valence-corrected chi connectivity index (χ4v) is 1.55. The van der Waals surface area contributed by atoms with Crippen LogP contribution in [0.15, 0.2) is 18.2 Å². The van der Waals surface area contributed by atoms with Gasteiger partial charge in [0, 0.05) is 12.5 Å². The lowest BCUT2D eigenvalue weighted by molar-refractivity contribution is -0.139. The molecule has 0 saturated carbocycles. The molecular formula is C13H12F2N2O3. The number of carboxylic acids is 1. The van der Waals surface area contributed by atoms with Crippen molar-refractivity contribution in [2.24, 2.45) is 0 Å². The number of unbranched alkanes of at least 4 members (excludes halogenated alkanes) is 1. The van der Waals surface area contributed by atoms with Crippen LogP contribution in [-0.4, -0.2) is 23.0 Å². The Labute approximate surface area is 113 Å². The van der Waals surface area contributed by atoms with Gasteiger partial charge in [-0.1, -0.05) is 0 Å². The Morgan fingerprint density at radius 3 is 2.65 bits per heavy atom. The van der Waals surface area contributed by atoms with Crippen LogP contribution >= 0.6 is 0 Å². The molecule has 0 radical (unpaired) electrons. The van der Waals surface area contributed by atoms with E-state index < -0.39 is 35.1 Å². The maximum atomic E-state index is 13.4. The molecule has 0 aliphatic rings. The number of aliphatic carboxylic acids is 1. The second kappa shape index (κ2) is 7.19. The summed E-state index contributed by atoms with van der Waals surface area (Å²) >= 11 is 0. The first-order valence-corrected chi connectivity index (χ1v) is 5.81. The molecule has 106 valence electrons. The summed E-state index contributed by atoms with van der Waals surface area (Å²) in [5, 5.41) is 19.4. The zero-order valence-corrected chi connectivity index (χ0v) is 10.4. The molecule has 0 heterocycles. The third kappa shape index (κ3) is 4.31. The highest BCUT2D eigenvalue weighted by molar-refractivity contribution is 5.96. The van der Waals surface area contributed by atoms with Crippen LogP contribution in [0.2, 0.25) is 0 Å². The Kier molecular flexibility index (Phi) is 5.59. The first-order chi connectivity index (χ1) is 9.45.